The zero-order chi connectivity index (χ0) is 18.8. The quantitative estimate of drug-likeness (QED) is 0.551. The number of carbonyl (C=O) groups is 1. The van der Waals surface area contributed by atoms with Gasteiger partial charge in [-0.25, -0.2) is 0 Å². The van der Waals surface area contributed by atoms with Crippen LogP contribution in [0, 0.1) is 0 Å². The first-order valence-electron chi connectivity index (χ1n) is 9.71. The fourth-order valence-electron chi connectivity index (χ4n) is 3.14. The maximum atomic E-state index is 11.8. The van der Waals surface area contributed by atoms with Crippen molar-refractivity contribution in [1.82, 2.24) is 15.5 Å². The molecule has 1 fully saturated rings. The molecule has 1 atom stereocenters. The van der Waals surface area contributed by atoms with Crippen molar-refractivity contribution in [2.45, 2.75) is 46.1 Å². The summed E-state index contributed by atoms with van der Waals surface area (Å²) in [5.41, 5.74) is 1.18. The number of benzene rings is 1. The Morgan fingerprint density at radius 1 is 1.31 bits per heavy atom. The highest BCUT2D eigenvalue weighted by molar-refractivity contribution is 5.80. The fourth-order valence-corrected chi connectivity index (χ4v) is 3.14. The van der Waals surface area contributed by atoms with Crippen molar-refractivity contribution in [3.05, 3.63) is 29.8 Å². The number of amides is 1. The van der Waals surface area contributed by atoms with E-state index in [1.807, 2.05) is 36.9 Å². The van der Waals surface area contributed by atoms with E-state index >= 15 is 0 Å². The molecule has 1 heterocycles. The van der Waals surface area contributed by atoms with Crippen LogP contribution in [0.15, 0.2) is 29.3 Å². The van der Waals surface area contributed by atoms with Gasteiger partial charge >= 0.3 is 0 Å². The predicted molar refractivity (Wildman–Crippen MR) is 106 cm³/mol. The van der Waals surface area contributed by atoms with Crippen LogP contribution >= 0.6 is 0 Å². The first-order chi connectivity index (χ1) is 12.7. The van der Waals surface area contributed by atoms with Gasteiger partial charge in [-0.3, -0.25) is 9.79 Å². The summed E-state index contributed by atoms with van der Waals surface area (Å²) in [6, 6.07) is 8.38. The summed E-state index contributed by atoms with van der Waals surface area (Å²) in [4.78, 5) is 18.5. The first kappa shape index (κ1) is 20.1. The van der Waals surface area contributed by atoms with Crippen molar-refractivity contribution < 1.29 is 9.53 Å². The molecule has 1 aliphatic rings. The molecule has 2 N–H and O–H groups in total. The predicted octanol–water partition coefficient (Wildman–Crippen LogP) is 2.19. The van der Waals surface area contributed by atoms with Crippen LogP contribution in [0.4, 0.5) is 0 Å². The lowest BCUT2D eigenvalue weighted by Crippen LogP contribution is -2.45. The number of likely N-dealkylation sites (tertiary alicyclic amines) is 1. The molecule has 1 amide bonds. The van der Waals surface area contributed by atoms with Crippen molar-refractivity contribution in [1.29, 1.82) is 0 Å². The minimum atomic E-state index is 0.226. The van der Waals surface area contributed by atoms with Gasteiger partial charge < -0.3 is 20.3 Å². The maximum absolute atomic E-state index is 11.8. The van der Waals surface area contributed by atoms with E-state index in [4.69, 9.17) is 9.73 Å². The number of para-hydroxylation sites is 1. The Labute approximate surface area is 157 Å². The van der Waals surface area contributed by atoms with Crippen LogP contribution in [-0.2, 0) is 11.2 Å². The third kappa shape index (κ3) is 5.93. The number of hydrogen-bond donors (Lipinski definition) is 2. The zero-order valence-electron chi connectivity index (χ0n) is 16.3. The van der Waals surface area contributed by atoms with Gasteiger partial charge in [0.25, 0.3) is 0 Å². The Kier molecular flexibility index (Phi) is 8.25. The summed E-state index contributed by atoms with van der Waals surface area (Å²) in [6.45, 7) is 9.71. The fraction of sp³-hybridized carbons (Fsp3) is 0.600. The third-order valence-electron chi connectivity index (χ3n) is 4.45. The molecule has 0 aromatic heterocycles. The van der Waals surface area contributed by atoms with Crippen LogP contribution in [-0.4, -0.2) is 55.6 Å². The van der Waals surface area contributed by atoms with Gasteiger partial charge in [-0.05, 0) is 38.3 Å². The second-order valence-electron chi connectivity index (χ2n) is 6.37. The van der Waals surface area contributed by atoms with Gasteiger partial charge in [-0.15, -0.1) is 0 Å². The van der Waals surface area contributed by atoms with E-state index in [0.29, 0.717) is 19.6 Å². The minimum absolute atomic E-state index is 0.226. The number of nitrogens with one attached hydrogen (secondary N) is 2. The van der Waals surface area contributed by atoms with Crippen molar-refractivity contribution in [3.63, 3.8) is 0 Å². The number of aliphatic imine (C=N–C) groups is 1. The van der Waals surface area contributed by atoms with Crippen LogP contribution in [0.1, 0.15) is 39.2 Å². The number of hydrogen-bond acceptors (Lipinski definition) is 3. The summed E-state index contributed by atoms with van der Waals surface area (Å²) < 4.78 is 5.68. The molecular weight excluding hydrogens is 328 g/mol. The lowest BCUT2D eigenvalue weighted by molar-refractivity contribution is -0.129. The second kappa shape index (κ2) is 10.7. The summed E-state index contributed by atoms with van der Waals surface area (Å²) in [6.07, 6.45) is 2.36. The molecule has 1 unspecified atom stereocenters. The molecule has 0 aliphatic carbocycles. The summed E-state index contributed by atoms with van der Waals surface area (Å²) in [5, 5.41) is 6.76. The standard InChI is InChI=1S/C20H32N4O2/c1-4-19(25)24-14-12-17(15-24)23-20(21-5-2)22-13-11-16-9-7-8-10-18(16)26-6-3/h7-10,17H,4-6,11-15H2,1-3H3,(H2,21,22,23). The number of guanidine groups is 1. The minimum Gasteiger partial charge on any atom is -0.494 e. The van der Waals surface area contributed by atoms with Crippen molar-refractivity contribution in [3.8, 4) is 5.75 Å². The molecule has 2 rings (SSSR count). The van der Waals surface area contributed by atoms with E-state index in [0.717, 1.165) is 44.2 Å². The Morgan fingerprint density at radius 3 is 2.85 bits per heavy atom. The van der Waals surface area contributed by atoms with E-state index in [2.05, 4.69) is 23.6 Å². The largest absolute Gasteiger partial charge is 0.494 e. The Morgan fingerprint density at radius 2 is 2.12 bits per heavy atom. The third-order valence-corrected chi connectivity index (χ3v) is 4.45. The van der Waals surface area contributed by atoms with Crippen LogP contribution in [0.5, 0.6) is 5.75 Å². The van der Waals surface area contributed by atoms with Gasteiger partial charge in [-0.1, -0.05) is 25.1 Å². The summed E-state index contributed by atoms with van der Waals surface area (Å²) in [7, 11) is 0. The highest BCUT2D eigenvalue weighted by atomic mass is 16.5. The molecule has 6 heteroatoms. The molecule has 1 aliphatic heterocycles. The molecule has 1 saturated heterocycles. The van der Waals surface area contributed by atoms with Gasteiger partial charge in [0.2, 0.25) is 5.91 Å². The lowest BCUT2D eigenvalue weighted by atomic mass is 10.1. The molecule has 0 saturated carbocycles. The molecule has 26 heavy (non-hydrogen) atoms. The molecule has 0 spiro atoms. The van der Waals surface area contributed by atoms with Gasteiger partial charge in [0.1, 0.15) is 5.75 Å². The number of carbonyl (C=O) groups excluding carboxylic acids is 1. The van der Waals surface area contributed by atoms with Crippen LogP contribution in [0.25, 0.3) is 0 Å². The molecule has 0 bridgehead atoms. The topological polar surface area (TPSA) is 66.0 Å². The highest BCUT2D eigenvalue weighted by Crippen LogP contribution is 2.18. The number of nitrogens with zero attached hydrogens (tertiary/aromatic N) is 2. The highest BCUT2D eigenvalue weighted by Gasteiger charge is 2.25. The van der Waals surface area contributed by atoms with Crippen molar-refractivity contribution >= 4 is 11.9 Å². The maximum Gasteiger partial charge on any atom is 0.222 e. The molecule has 144 valence electrons. The molecular formula is C20H32N4O2. The normalized spacial score (nSPS) is 17.3. The number of ether oxygens (including phenoxy) is 1. The van der Waals surface area contributed by atoms with E-state index in [1.54, 1.807) is 0 Å². The molecule has 6 nitrogen and oxygen atoms in total. The van der Waals surface area contributed by atoms with Gasteiger partial charge in [0.05, 0.1) is 6.61 Å². The van der Waals surface area contributed by atoms with E-state index in [1.165, 1.54) is 5.56 Å². The van der Waals surface area contributed by atoms with Crippen molar-refractivity contribution in [2.24, 2.45) is 4.99 Å². The van der Waals surface area contributed by atoms with Gasteiger partial charge in [-0.2, -0.15) is 0 Å². The van der Waals surface area contributed by atoms with Crippen molar-refractivity contribution in [2.75, 3.05) is 32.8 Å². The van der Waals surface area contributed by atoms with E-state index in [9.17, 15) is 4.79 Å². The van der Waals surface area contributed by atoms with Gasteiger partial charge in [0, 0.05) is 38.6 Å². The first-order valence-corrected chi connectivity index (χ1v) is 9.71. The van der Waals surface area contributed by atoms with Gasteiger partial charge in [0.15, 0.2) is 5.96 Å². The monoisotopic (exact) mass is 360 g/mol. The zero-order valence-corrected chi connectivity index (χ0v) is 16.3. The van der Waals surface area contributed by atoms with Crippen LogP contribution in [0.2, 0.25) is 0 Å². The smallest absolute Gasteiger partial charge is 0.222 e. The average Bonchev–Trinajstić information content (AvgIpc) is 3.11. The van der Waals surface area contributed by atoms with Crippen LogP contribution < -0.4 is 15.4 Å². The van der Waals surface area contributed by atoms with Crippen LogP contribution in [0.3, 0.4) is 0 Å². The van der Waals surface area contributed by atoms with E-state index in [-0.39, 0.29) is 11.9 Å². The summed E-state index contributed by atoms with van der Waals surface area (Å²) >= 11 is 0. The molecule has 1 aromatic rings. The molecule has 1 aromatic carbocycles. The lowest BCUT2D eigenvalue weighted by Gasteiger charge is -2.18. The second-order valence-corrected chi connectivity index (χ2v) is 6.37. The SMILES string of the molecule is CCNC(=NCCc1ccccc1OCC)NC1CCN(C(=O)CC)C1. The number of rotatable bonds is 8. The summed E-state index contributed by atoms with van der Waals surface area (Å²) in [5.74, 6) is 1.98. The van der Waals surface area contributed by atoms with E-state index < -0.39 is 0 Å². The Bertz CT molecular complexity index is 603. The Hall–Kier alpha value is -2.24. The Balaban J connectivity index is 1.90. The molecule has 0 radical (unpaired) electrons. The average molecular weight is 361 g/mol.